The fourth-order valence-electron chi connectivity index (χ4n) is 2.93. The lowest BCUT2D eigenvalue weighted by Crippen LogP contribution is -2.41. The Morgan fingerprint density at radius 1 is 1.06 bits per heavy atom. The van der Waals surface area contributed by atoms with E-state index < -0.39 is 11.8 Å². The van der Waals surface area contributed by atoms with Crippen LogP contribution in [-0.4, -0.2) is 61.7 Å². The van der Waals surface area contributed by atoms with Gasteiger partial charge >= 0.3 is 11.8 Å². The molecule has 1 saturated heterocycles. The normalized spacial score (nSPS) is 13.6. The Labute approximate surface area is 180 Å². The average molecular weight is 424 g/mol. The Morgan fingerprint density at radius 2 is 1.77 bits per heavy atom. The SMILES string of the molecule is CCOc1ccc(/C=N\NC(=O)C(=O)Nc2ccccc2C(=O)N2CCOCC2)cc1. The van der Waals surface area contributed by atoms with Crippen molar-refractivity contribution >= 4 is 29.6 Å². The second-order valence-electron chi connectivity index (χ2n) is 6.61. The van der Waals surface area contributed by atoms with Crippen LogP contribution < -0.4 is 15.5 Å². The molecule has 0 atom stereocenters. The molecular formula is C22H24N4O5. The van der Waals surface area contributed by atoms with E-state index in [4.69, 9.17) is 9.47 Å². The summed E-state index contributed by atoms with van der Waals surface area (Å²) in [6.07, 6.45) is 1.41. The van der Waals surface area contributed by atoms with Gasteiger partial charge in [0.1, 0.15) is 5.75 Å². The largest absolute Gasteiger partial charge is 0.494 e. The Balaban J connectivity index is 1.58. The first-order chi connectivity index (χ1) is 15.1. The maximum Gasteiger partial charge on any atom is 0.329 e. The van der Waals surface area contributed by atoms with Crippen molar-refractivity contribution in [3.05, 3.63) is 59.7 Å². The van der Waals surface area contributed by atoms with Crippen LogP contribution in [0.15, 0.2) is 53.6 Å². The third kappa shape index (κ3) is 6.13. The van der Waals surface area contributed by atoms with E-state index in [0.717, 1.165) is 11.3 Å². The second kappa shape index (κ2) is 10.9. The Morgan fingerprint density at radius 3 is 2.48 bits per heavy atom. The number of morpholine rings is 1. The van der Waals surface area contributed by atoms with Gasteiger partial charge in [-0.2, -0.15) is 5.10 Å². The summed E-state index contributed by atoms with van der Waals surface area (Å²) < 4.78 is 10.6. The van der Waals surface area contributed by atoms with Gasteiger partial charge in [0.2, 0.25) is 0 Å². The number of amides is 3. The first kappa shape index (κ1) is 22.0. The molecule has 162 valence electrons. The molecule has 9 heteroatoms. The number of anilines is 1. The zero-order valence-electron chi connectivity index (χ0n) is 17.2. The van der Waals surface area contributed by atoms with Crippen molar-refractivity contribution in [2.24, 2.45) is 5.10 Å². The van der Waals surface area contributed by atoms with E-state index in [2.05, 4.69) is 15.8 Å². The molecule has 0 aromatic heterocycles. The molecule has 1 fully saturated rings. The number of rotatable bonds is 6. The second-order valence-corrected chi connectivity index (χ2v) is 6.61. The monoisotopic (exact) mass is 424 g/mol. The van der Waals surface area contributed by atoms with Crippen LogP contribution >= 0.6 is 0 Å². The molecule has 0 unspecified atom stereocenters. The number of hydrogen-bond acceptors (Lipinski definition) is 6. The molecule has 1 aliphatic heterocycles. The van der Waals surface area contributed by atoms with Crippen LogP contribution in [0.5, 0.6) is 5.75 Å². The third-order valence-electron chi connectivity index (χ3n) is 4.48. The minimum atomic E-state index is -0.948. The van der Waals surface area contributed by atoms with Gasteiger partial charge in [0.05, 0.1) is 37.3 Å². The molecule has 0 bridgehead atoms. The predicted molar refractivity (Wildman–Crippen MR) is 115 cm³/mol. The third-order valence-corrected chi connectivity index (χ3v) is 4.48. The molecule has 0 radical (unpaired) electrons. The van der Waals surface area contributed by atoms with Crippen molar-refractivity contribution < 1.29 is 23.9 Å². The molecule has 31 heavy (non-hydrogen) atoms. The highest BCUT2D eigenvalue weighted by Gasteiger charge is 2.22. The van der Waals surface area contributed by atoms with Gasteiger partial charge in [-0.05, 0) is 48.9 Å². The number of hydrazone groups is 1. The van der Waals surface area contributed by atoms with Gasteiger partial charge in [0.15, 0.2) is 0 Å². The van der Waals surface area contributed by atoms with E-state index in [1.807, 2.05) is 6.92 Å². The number of benzene rings is 2. The summed E-state index contributed by atoms with van der Waals surface area (Å²) >= 11 is 0. The van der Waals surface area contributed by atoms with Gasteiger partial charge in [0, 0.05) is 13.1 Å². The van der Waals surface area contributed by atoms with Gasteiger partial charge in [0.25, 0.3) is 5.91 Å². The summed E-state index contributed by atoms with van der Waals surface area (Å²) in [7, 11) is 0. The maximum atomic E-state index is 12.8. The number of ether oxygens (including phenoxy) is 2. The van der Waals surface area contributed by atoms with E-state index in [1.165, 1.54) is 6.21 Å². The quantitative estimate of drug-likeness (QED) is 0.416. The summed E-state index contributed by atoms with van der Waals surface area (Å²) in [5, 5.41) is 6.28. The maximum absolute atomic E-state index is 12.8. The molecule has 3 amide bonds. The molecular weight excluding hydrogens is 400 g/mol. The van der Waals surface area contributed by atoms with Gasteiger partial charge in [-0.25, -0.2) is 5.43 Å². The minimum Gasteiger partial charge on any atom is -0.494 e. The van der Waals surface area contributed by atoms with E-state index >= 15 is 0 Å². The predicted octanol–water partition coefficient (Wildman–Crippen LogP) is 1.65. The highest BCUT2D eigenvalue weighted by molar-refractivity contribution is 6.40. The number of carbonyl (C=O) groups is 3. The van der Waals surface area contributed by atoms with Crippen molar-refractivity contribution in [3.8, 4) is 5.75 Å². The fraction of sp³-hybridized carbons (Fsp3) is 0.273. The molecule has 3 rings (SSSR count). The summed E-state index contributed by atoms with van der Waals surface area (Å²) in [6.45, 7) is 4.35. The Kier molecular flexibility index (Phi) is 7.72. The number of carbonyl (C=O) groups excluding carboxylic acids is 3. The molecule has 2 aromatic carbocycles. The summed E-state index contributed by atoms with van der Waals surface area (Å²) in [6, 6.07) is 13.7. The van der Waals surface area contributed by atoms with Crippen molar-refractivity contribution in [2.45, 2.75) is 6.92 Å². The van der Waals surface area contributed by atoms with Gasteiger partial charge in [-0.15, -0.1) is 0 Å². The topological polar surface area (TPSA) is 109 Å². The zero-order chi connectivity index (χ0) is 22.1. The highest BCUT2D eigenvalue weighted by atomic mass is 16.5. The summed E-state index contributed by atoms with van der Waals surface area (Å²) in [4.78, 5) is 38.8. The summed E-state index contributed by atoms with van der Waals surface area (Å²) in [5.41, 5.74) is 3.47. The van der Waals surface area contributed by atoms with Crippen LogP contribution in [0, 0.1) is 0 Å². The molecule has 0 spiro atoms. The van der Waals surface area contributed by atoms with Crippen LogP contribution in [0.4, 0.5) is 5.69 Å². The number of nitrogens with zero attached hydrogens (tertiary/aromatic N) is 2. The zero-order valence-corrected chi connectivity index (χ0v) is 17.2. The fourth-order valence-corrected chi connectivity index (χ4v) is 2.93. The lowest BCUT2D eigenvalue weighted by Gasteiger charge is -2.27. The lowest BCUT2D eigenvalue weighted by atomic mass is 10.1. The first-order valence-corrected chi connectivity index (χ1v) is 9.91. The van der Waals surface area contributed by atoms with E-state index in [0.29, 0.717) is 38.5 Å². The summed E-state index contributed by atoms with van der Waals surface area (Å²) in [5.74, 6) is -1.37. The van der Waals surface area contributed by atoms with Crippen LogP contribution in [-0.2, 0) is 14.3 Å². The number of nitrogens with one attached hydrogen (secondary N) is 2. The molecule has 2 N–H and O–H groups in total. The van der Waals surface area contributed by atoms with E-state index in [-0.39, 0.29) is 11.6 Å². The van der Waals surface area contributed by atoms with Gasteiger partial charge in [-0.3, -0.25) is 14.4 Å². The standard InChI is InChI=1S/C22H24N4O5/c1-2-31-17-9-7-16(8-10-17)15-23-25-21(28)20(27)24-19-6-4-3-5-18(19)22(29)26-11-13-30-14-12-26/h3-10,15H,2,11-14H2,1H3,(H,24,27)(H,25,28)/b23-15-. The molecule has 0 saturated carbocycles. The molecule has 0 aliphatic carbocycles. The van der Waals surface area contributed by atoms with Crippen molar-refractivity contribution in [3.63, 3.8) is 0 Å². The number of hydrogen-bond donors (Lipinski definition) is 2. The first-order valence-electron chi connectivity index (χ1n) is 9.91. The Bertz CT molecular complexity index is 953. The average Bonchev–Trinajstić information content (AvgIpc) is 2.81. The van der Waals surface area contributed by atoms with E-state index in [1.54, 1.807) is 53.4 Å². The minimum absolute atomic E-state index is 0.229. The van der Waals surface area contributed by atoms with Gasteiger partial charge in [-0.1, -0.05) is 12.1 Å². The lowest BCUT2D eigenvalue weighted by molar-refractivity contribution is -0.136. The smallest absolute Gasteiger partial charge is 0.329 e. The molecule has 9 nitrogen and oxygen atoms in total. The van der Waals surface area contributed by atoms with E-state index in [9.17, 15) is 14.4 Å². The molecule has 2 aromatic rings. The molecule has 1 heterocycles. The van der Waals surface area contributed by atoms with Crippen LogP contribution in [0.1, 0.15) is 22.8 Å². The number of para-hydroxylation sites is 1. The van der Waals surface area contributed by atoms with Crippen molar-refractivity contribution in [1.82, 2.24) is 10.3 Å². The van der Waals surface area contributed by atoms with Crippen LogP contribution in [0.3, 0.4) is 0 Å². The molecule has 1 aliphatic rings. The van der Waals surface area contributed by atoms with Crippen molar-refractivity contribution in [2.75, 3.05) is 38.2 Å². The van der Waals surface area contributed by atoms with Gasteiger partial charge < -0.3 is 19.7 Å². The van der Waals surface area contributed by atoms with Crippen molar-refractivity contribution in [1.29, 1.82) is 0 Å². The Hall–Kier alpha value is -3.72. The van der Waals surface area contributed by atoms with Crippen LogP contribution in [0.2, 0.25) is 0 Å². The highest BCUT2D eigenvalue weighted by Crippen LogP contribution is 2.18. The van der Waals surface area contributed by atoms with Crippen LogP contribution in [0.25, 0.3) is 0 Å².